The van der Waals surface area contributed by atoms with Crippen LogP contribution in [0, 0.1) is 0 Å². The van der Waals surface area contributed by atoms with Crippen LogP contribution in [0.25, 0.3) is 0 Å². The fourth-order valence-electron chi connectivity index (χ4n) is 2.34. The quantitative estimate of drug-likeness (QED) is 0.439. The first kappa shape index (κ1) is 13.7. The molecule has 0 N–H and O–H groups in total. The fourth-order valence-corrected chi connectivity index (χ4v) is 2.34. The van der Waals surface area contributed by atoms with Crippen molar-refractivity contribution >= 4 is 0 Å². The van der Waals surface area contributed by atoms with Crippen LogP contribution in [0.4, 0.5) is 0 Å². The van der Waals surface area contributed by atoms with Gasteiger partial charge in [-0.15, -0.1) is 0 Å². The summed E-state index contributed by atoms with van der Waals surface area (Å²) >= 11 is 0. The van der Waals surface area contributed by atoms with Gasteiger partial charge in [0, 0.05) is 0 Å². The molecule has 0 unspecified atom stereocenters. The lowest BCUT2D eigenvalue weighted by molar-refractivity contribution is -0.887. The summed E-state index contributed by atoms with van der Waals surface area (Å²) in [7, 11) is 9.37. The summed E-state index contributed by atoms with van der Waals surface area (Å²) in [5.74, 6) is 0. The highest BCUT2D eigenvalue weighted by molar-refractivity contribution is 4.81. The highest BCUT2D eigenvalue weighted by Gasteiger charge is 2.15. The molecule has 0 fully saturated rings. The van der Waals surface area contributed by atoms with E-state index in [2.05, 4.69) is 40.3 Å². The van der Waals surface area contributed by atoms with E-state index in [1.807, 2.05) is 0 Å². The Morgan fingerprint density at radius 1 is 0.625 bits per heavy atom. The Bertz CT molecular complexity index is 205. The number of rotatable bonds is 0. The van der Waals surface area contributed by atoms with Crippen LogP contribution in [0.3, 0.4) is 0 Å². The molecule has 0 aromatic carbocycles. The molecule has 2 heteroatoms. The zero-order valence-electron chi connectivity index (χ0n) is 11.7. The first-order chi connectivity index (χ1) is 7.41. The molecule has 0 saturated heterocycles. The molecular weight excluding hydrogens is 196 g/mol. The SMILES string of the molecule is C[N+]1(C)C/C=C\C[N+](C)(C)CCCCCC1. The molecule has 0 aromatic rings. The summed E-state index contributed by atoms with van der Waals surface area (Å²) in [6.45, 7) is 5.01. The smallest absolute Gasteiger partial charge is 0.0971 e. The van der Waals surface area contributed by atoms with Crippen molar-refractivity contribution < 1.29 is 8.97 Å². The van der Waals surface area contributed by atoms with E-state index >= 15 is 0 Å². The van der Waals surface area contributed by atoms with Gasteiger partial charge in [0.15, 0.2) is 0 Å². The molecule has 1 aliphatic rings. The van der Waals surface area contributed by atoms with Gasteiger partial charge in [0.2, 0.25) is 0 Å². The second-order valence-corrected chi connectivity index (χ2v) is 6.57. The minimum absolute atomic E-state index is 1.14. The number of hydrogen-bond donors (Lipinski definition) is 0. The molecule has 1 heterocycles. The van der Waals surface area contributed by atoms with Crippen molar-refractivity contribution in [2.75, 3.05) is 54.4 Å². The van der Waals surface area contributed by atoms with Crippen molar-refractivity contribution in [2.45, 2.75) is 25.7 Å². The third-order valence-corrected chi connectivity index (χ3v) is 3.64. The molecule has 94 valence electrons. The largest absolute Gasteiger partial charge is 0.325 e. The Morgan fingerprint density at radius 2 is 1.00 bits per heavy atom. The topological polar surface area (TPSA) is 0 Å². The Labute approximate surface area is 102 Å². The molecular formula is C14H30N2+2. The fraction of sp³-hybridized carbons (Fsp3) is 0.857. The lowest BCUT2D eigenvalue weighted by Gasteiger charge is -2.31. The van der Waals surface area contributed by atoms with Crippen LogP contribution < -0.4 is 0 Å². The van der Waals surface area contributed by atoms with Crippen LogP contribution in [0.15, 0.2) is 12.2 Å². The van der Waals surface area contributed by atoms with E-state index in [1.54, 1.807) is 0 Å². The van der Waals surface area contributed by atoms with E-state index in [1.165, 1.54) is 51.9 Å². The molecule has 16 heavy (non-hydrogen) atoms. The number of nitrogens with zero attached hydrogens (tertiary/aromatic N) is 2. The van der Waals surface area contributed by atoms with Crippen LogP contribution in [-0.2, 0) is 0 Å². The Morgan fingerprint density at radius 3 is 1.38 bits per heavy atom. The van der Waals surface area contributed by atoms with Gasteiger partial charge in [0.1, 0.15) is 0 Å². The van der Waals surface area contributed by atoms with Crippen LogP contribution in [0.1, 0.15) is 25.7 Å². The minimum Gasteiger partial charge on any atom is -0.325 e. The van der Waals surface area contributed by atoms with Crippen molar-refractivity contribution in [3.63, 3.8) is 0 Å². The van der Waals surface area contributed by atoms with Crippen LogP contribution in [-0.4, -0.2) is 63.3 Å². The molecule has 0 saturated carbocycles. The van der Waals surface area contributed by atoms with E-state index in [4.69, 9.17) is 0 Å². The lowest BCUT2D eigenvalue weighted by Crippen LogP contribution is -2.42. The lowest BCUT2D eigenvalue weighted by atomic mass is 10.1. The average Bonchev–Trinajstić information content (AvgIpc) is 2.17. The third kappa shape index (κ3) is 5.66. The highest BCUT2D eigenvalue weighted by atomic mass is 15.3. The normalized spacial score (nSPS) is 28.8. The zero-order valence-corrected chi connectivity index (χ0v) is 11.7. The molecule has 0 aliphatic carbocycles. The van der Waals surface area contributed by atoms with Gasteiger partial charge in [-0.3, -0.25) is 0 Å². The molecule has 0 bridgehead atoms. The van der Waals surface area contributed by atoms with Gasteiger partial charge >= 0.3 is 0 Å². The van der Waals surface area contributed by atoms with Gasteiger partial charge in [-0.25, -0.2) is 0 Å². The summed E-state index contributed by atoms with van der Waals surface area (Å²) in [6, 6.07) is 0. The number of hydrogen-bond acceptors (Lipinski definition) is 0. The predicted octanol–water partition coefficient (Wildman–Crippen LogP) is 2.27. The van der Waals surface area contributed by atoms with Gasteiger partial charge in [-0.05, 0) is 37.8 Å². The molecule has 0 amide bonds. The summed E-state index contributed by atoms with van der Waals surface area (Å²) in [6.07, 6.45) is 10.3. The molecule has 0 atom stereocenters. The molecule has 0 radical (unpaired) electrons. The van der Waals surface area contributed by atoms with Gasteiger partial charge in [0.25, 0.3) is 0 Å². The Hall–Kier alpha value is -0.340. The molecule has 0 aromatic heterocycles. The number of likely N-dealkylation sites (N-methyl/N-ethyl adjacent to an activating group) is 2. The van der Waals surface area contributed by atoms with Crippen LogP contribution in [0.2, 0.25) is 0 Å². The van der Waals surface area contributed by atoms with E-state index < -0.39 is 0 Å². The first-order valence-corrected chi connectivity index (χ1v) is 6.70. The molecule has 1 rings (SSSR count). The highest BCUT2D eigenvalue weighted by Crippen LogP contribution is 2.10. The van der Waals surface area contributed by atoms with E-state index in [-0.39, 0.29) is 0 Å². The van der Waals surface area contributed by atoms with Crippen molar-refractivity contribution in [1.29, 1.82) is 0 Å². The van der Waals surface area contributed by atoms with Crippen molar-refractivity contribution in [1.82, 2.24) is 0 Å². The molecule has 1 aliphatic heterocycles. The van der Waals surface area contributed by atoms with E-state index in [9.17, 15) is 0 Å². The molecule has 2 nitrogen and oxygen atoms in total. The van der Waals surface area contributed by atoms with Gasteiger partial charge in [-0.1, -0.05) is 0 Å². The predicted molar refractivity (Wildman–Crippen MR) is 71.3 cm³/mol. The van der Waals surface area contributed by atoms with Crippen LogP contribution in [0.5, 0.6) is 0 Å². The van der Waals surface area contributed by atoms with Crippen LogP contribution >= 0.6 is 0 Å². The molecule has 0 spiro atoms. The maximum absolute atomic E-state index is 2.38. The minimum atomic E-state index is 1.14. The zero-order chi connectivity index (χ0) is 12.1. The van der Waals surface area contributed by atoms with E-state index in [0.29, 0.717) is 0 Å². The van der Waals surface area contributed by atoms with Gasteiger partial charge in [0.05, 0.1) is 54.4 Å². The maximum atomic E-state index is 2.38. The Kier molecular flexibility index (Phi) is 5.00. The first-order valence-electron chi connectivity index (χ1n) is 6.70. The number of quaternary nitrogens is 2. The average molecular weight is 226 g/mol. The van der Waals surface area contributed by atoms with E-state index in [0.717, 1.165) is 8.97 Å². The summed E-state index contributed by atoms with van der Waals surface area (Å²) < 4.78 is 2.29. The van der Waals surface area contributed by atoms with Crippen molar-refractivity contribution in [2.24, 2.45) is 0 Å². The standard InChI is InChI=1S/C14H30N2/c1-15(2)11-7-5-6-8-12-16(3,4)14-10-9-13-15/h9-10H,5-8,11-14H2,1-4H3/q+2/b10-9-. The second kappa shape index (κ2) is 5.83. The van der Waals surface area contributed by atoms with Gasteiger partial charge < -0.3 is 8.97 Å². The summed E-state index contributed by atoms with van der Waals surface area (Å²) in [5, 5.41) is 0. The Balaban J connectivity index is 2.54. The monoisotopic (exact) mass is 226 g/mol. The van der Waals surface area contributed by atoms with Gasteiger partial charge in [-0.2, -0.15) is 0 Å². The second-order valence-electron chi connectivity index (χ2n) is 6.57. The summed E-state index contributed by atoms with van der Waals surface area (Å²) in [4.78, 5) is 0. The van der Waals surface area contributed by atoms with Crippen molar-refractivity contribution in [3.05, 3.63) is 12.2 Å². The van der Waals surface area contributed by atoms with Crippen molar-refractivity contribution in [3.8, 4) is 0 Å². The maximum Gasteiger partial charge on any atom is 0.0971 e. The third-order valence-electron chi connectivity index (χ3n) is 3.64. The summed E-state index contributed by atoms with van der Waals surface area (Å²) in [5.41, 5.74) is 0.